The third kappa shape index (κ3) is 6.19. The van der Waals surface area contributed by atoms with Gasteiger partial charge in [0.05, 0.1) is 0 Å². The van der Waals surface area contributed by atoms with Crippen LogP contribution >= 0.6 is 46.4 Å². The molecule has 0 rings (SSSR count). The zero-order valence-electron chi connectivity index (χ0n) is 6.49. The first kappa shape index (κ1) is 12.6. The zero-order chi connectivity index (χ0) is 9.40. The van der Waals surface area contributed by atoms with Crippen molar-refractivity contribution in [2.24, 2.45) is 0 Å². The second-order valence-electron chi connectivity index (χ2n) is 2.19. The van der Waals surface area contributed by atoms with Gasteiger partial charge in [-0.25, -0.2) is 0 Å². The molecule has 0 aromatic heterocycles. The Hall–Kier alpha value is 0.640. The molecule has 0 heterocycles. The molecule has 0 aliphatic heterocycles. The maximum atomic E-state index is 5.82. The molecule has 12 heavy (non-hydrogen) atoms. The van der Waals surface area contributed by atoms with Crippen molar-refractivity contribution in [3.8, 4) is 0 Å². The van der Waals surface area contributed by atoms with Crippen LogP contribution < -0.4 is 0 Å². The minimum absolute atomic E-state index is 0.426. The average molecular weight is 248 g/mol. The second kappa shape index (κ2) is 8.25. The molecule has 0 atom stereocenters. The molecule has 0 saturated heterocycles. The van der Waals surface area contributed by atoms with Crippen LogP contribution in [0.1, 0.15) is 12.8 Å². The number of hydrogen-bond donors (Lipinski definition) is 0. The number of halogens is 4. The molecule has 0 radical (unpaired) electrons. The Morgan fingerprint density at radius 2 is 1.92 bits per heavy atom. The highest BCUT2D eigenvalue weighted by Crippen LogP contribution is 2.18. The first-order valence-corrected chi connectivity index (χ1v) is 5.37. The summed E-state index contributed by atoms with van der Waals surface area (Å²) in [7, 11) is 0. The molecule has 0 aliphatic carbocycles. The van der Waals surface area contributed by atoms with Crippen molar-refractivity contribution in [1.29, 1.82) is 0 Å². The number of hydrogen-bond acceptors (Lipinski definition) is 0. The number of alkyl halides is 2. The molecule has 0 bridgehead atoms. The highest BCUT2D eigenvalue weighted by molar-refractivity contribution is 6.31. The predicted molar refractivity (Wildman–Crippen MR) is 58.5 cm³/mol. The topological polar surface area (TPSA) is 0 Å². The van der Waals surface area contributed by atoms with Gasteiger partial charge < -0.3 is 0 Å². The van der Waals surface area contributed by atoms with E-state index < -0.39 is 0 Å². The van der Waals surface area contributed by atoms with E-state index in [0.29, 0.717) is 23.2 Å². The molecular weight excluding hydrogens is 238 g/mol. The summed E-state index contributed by atoms with van der Waals surface area (Å²) in [5.74, 6) is 0.985. The first-order valence-electron chi connectivity index (χ1n) is 3.49. The SMILES string of the molecule is ClC=C(CCCl)CC(Cl)=CCCl. The van der Waals surface area contributed by atoms with Crippen molar-refractivity contribution in [3.05, 3.63) is 22.2 Å². The van der Waals surface area contributed by atoms with Gasteiger partial charge in [-0.15, -0.1) is 23.2 Å². The minimum atomic E-state index is 0.426. The largest absolute Gasteiger partial charge is 0.126 e. The minimum Gasteiger partial charge on any atom is -0.126 e. The maximum absolute atomic E-state index is 5.82. The molecule has 0 aromatic rings. The van der Waals surface area contributed by atoms with Crippen LogP contribution in [0.5, 0.6) is 0 Å². The molecule has 0 nitrogen and oxygen atoms in total. The van der Waals surface area contributed by atoms with Crippen LogP contribution in [0.2, 0.25) is 0 Å². The summed E-state index contributed by atoms with van der Waals surface area (Å²) in [5, 5.41) is 0.710. The van der Waals surface area contributed by atoms with Gasteiger partial charge in [-0.3, -0.25) is 0 Å². The van der Waals surface area contributed by atoms with Crippen LogP contribution in [0.3, 0.4) is 0 Å². The number of rotatable bonds is 5. The summed E-state index contributed by atoms with van der Waals surface area (Å²) in [6, 6.07) is 0. The van der Waals surface area contributed by atoms with E-state index >= 15 is 0 Å². The van der Waals surface area contributed by atoms with Crippen LogP contribution in [0.25, 0.3) is 0 Å². The molecule has 70 valence electrons. The Bertz CT molecular complexity index is 172. The van der Waals surface area contributed by atoms with Crippen LogP contribution in [0.15, 0.2) is 22.2 Å². The summed E-state index contributed by atoms with van der Waals surface area (Å²) < 4.78 is 0. The Labute approximate surface area is 93.1 Å². The van der Waals surface area contributed by atoms with Gasteiger partial charge in [0.25, 0.3) is 0 Å². The summed E-state index contributed by atoms with van der Waals surface area (Å²) in [4.78, 5) is 0. The smallest absolute Gasteiger partial charge is 0.0418 e. The van der Waals surface area contributed by atoms with Crippen LogP contribution in [-0.2, 0) is 0 Å². The van der Waals surface area contributed by atoms with Crippen molar-refractivity contribution in [2.75, 3.05) is 11.8 Å². The van der Waals surface area contributed by atoms with E-state index in [4.69, 9.17) is 46.4 Å². The molecule has 4 heteroatoms. The summed E-state index contributed by atoms with van der Waals surface area (Å²) in [6.45, 7) is 0. The quantitative estimate of drug-likeness (QED) is 0.628. The van der Waals surface area contributed by atoms with E-state index in [1.807, 2.05) is 0 Å². The predicted octanol–water partition coefficient (Wildman–Crippen LogP) is 4.49. The van der Waals surface area contributed by atoms with Crippen molar-refractivity contribution in [1.82, 2.24) is 0 Å². The van der Waals surface area contributed by atoms with Gasteiger partial charge in [0, 0.05) is 28.7 Å². The molecule has 0 fully saturated rings. The van der Waals surface area contributed by atoms with E-state index in [9.17, 15) is 0 Å². The average Bonchev–Trinajstić information content (AvgIpc) is 2.04. The van der Waals surface area contributed by atoms with Gasteiger partial charge in [-0.2, -0.15) is 0 Å². The highest BCUT2D eigenvalue weighted by atomic mass is 35.5. The van der Waals surface area contributed by atoms with Crippen molar-refractivity contribution < 1.29 is 0 Å². The Morgan fingerprint density at radius 3 is 2.33 bits per heavy atom. The van der Waals surface area contributed by atoms with Gasteiger partial charge in [0.2, 0.25) is 0 Å². The molecule has 0 saturated carbocycles. The van der Waals surface area contributed by atoms with Crippen LogP contribution in [0, 0.1) is 0 Å². The Morgan fingerprint density at radius 1 is 1.25 bits per heavy atom. The van der Waals surface area contributed by atoms with E-state index in [0.717, 1.165) is 12.0 Å². The monoisotopic (exact) mass is 246 g/mol. The van der Waals surface area contributed by atoms with Gasteiger partial charge in [-0.1, -0.05) is 34.9 Å². The van der Waals surface area contributed by atoms with Crippen molar-refractivity contribution >= 4 is 46.4 Å². The number of allylic oxidation sites excluding steroid dienone is 3. The third-order valence-corrected chi connectivity index (χ3v) is 2.20. The summed E-state index contributed by atoms with van der Waals surface area (Å²) >= 11 is 22.4. The van der Waals surface area contributed by atoms with E-state index in [1.165, 1.54) is 5.54 Å². The summed E-state index contributed by atoms with van der Waals surface area (Å²) in [5.41, 5.74) is 2.55. The van der Waals surface area contributed by atoms with Gasteiger partial charge in [0.1, 0.15) is 0 Å². The molecule has 0 aromatic carbocycles. The lowest BCUT2D eigenvalue weighted by molar-refractivity contribution is 1.03. The van der Waals surface area contributed by atoms with Crippen LogP contribution in [0.4, 0.5) is 0 Å². The molecular formula is C8H10Cl4. The van der Waals surface area contributed by atoms with Crippen molar-refractivity contribution in [3.63, 3.8) is 0 Å². The first-order chi connectivity index (χ1) is 5.74. The maximum Gasteiger partial charge on any atom is 0.0418 e. The lowest BCUT2D eigenvalue weighted by atomic mass is 10.1. The highest BCUT2D eigenvalue weighted by Gasteiger charge is 1.98. The normalized spacial score (nSPS) is 13.7. The fourth-order valence-electron chi connectivity index (χ4n) is 0.676. The second-order valence-corrected chi connectivity index (χ2v) is 3.58. The third-order valence-electron chi connectivity index (χ3n) is 1.26. The van der Waals surface area contributed by atoms with Gasteiger partial charge in [0.15, 0.2) is 0 Å². The lowest BCUT2D eigenvalue weighted by Crippen LogP contribution is -1.85. The molecule has 0 aliphatic rings. The lowest BCUT2D eigenvalue weighted by Gasteiger charge is -2.01. The molecule has 0 amide bonds. The van der Waals surface area contributed by atoms with E-state index in [2.05, 4.69) is 0 Å². The van der Waals surface area contributed by atoms with E-state index in [-0.39, 0.29) is 0 Å². The molecule has 0 spiro atoms. The van der Waals surface area contributed by atoms with Gasteiger partial charge >= 0.3 is 0 Å². The standard InChI is InChI=1S/C8H10Cl4/c9-3-1-7(6-11)5-8(12)2-4-10/h2,6H,1,3-5H2. The fourth-order valence-corrected chi connectivity index (χ4v) is 1.62. The molecule has 0 unspecified atom stereocenters. The zero-order valence-corrected chi connectivity index (χ0v) is 9.52. The van der Waals surface area contributed by atoms with Crippen LogP contribution in [-0.4, -0.2) is 11.8 Å². The van der Waals surface area contributed by atoms with E-state index in [1.54, 1.807) is 6.08 Å². The van der Waals surface area contributed by atoms with Crippen molar-refractivity contribution in [2.45, 2.75) is 12.8 Å². The fraction of sp³-hybridized carbons (Fsp3) is 0.500. The summed E-state index contributed by atoms with van der Waals surface area (Å²) in [6.07, 6.45) is 3.15. The Kier molecular flexibility index (Phi) is 8.69. The Balaban J connectivity index is 3.95. The van der Waals surface area contributed by atoms with Gasteiger partial charge in [-0.05, 0) is 6.42 Å². The molecule has 0 N–H and O–H groups in total.